The molecule has 0 saturated heterocycles. The average Bonchev–Trinajstić information content (AvgIpc) is 2.61. The van der Waals surface area contributed by atoms with Crippen LogP contribution in [0.2, 0.25) is 0 Å². The molecule has 0 unspecified atom stereocenters. The monoisotopic (exact) mass is 341 g/mol. The van der Waals surface area contributed by atoms with Gasteiger partial charge in [-0.25, -0.2) is 4.79 Å². The van der Waals surface area contributed by atoms with Crippen LogP contribution in [0.5, 0.6) is 5.75 Å². The lowest BCUT2D eigenvalue weighted by Gasteiger charge is -2.19. The molecular weight excluding hydrogens is 314 g/mol. The number of aryl methyl sites for hydroxylation is 1. The zero-order valence-electron chi connectivity index (χ0n) is 15.5. The van der Waals surface area contributed by atoms with Crippen molar-refractivity contribution in [2.45, 2.75) is 46.4 Å². The minimum atomic E-state index is -0.107. The third-order valence-corrected chi connectivity index (χ3v) is 4.15. The van der Waals surface area contributed by atoms with Gasteiger partial charge in [-0.1, -0.05) is 19.1 Å². The Hall–Kier alpha value is -2.56. The van der Waals surface area contributed by atoms with E-state index in [1.165, 1.54) is 0 Å². The Morgan fingerprint density at radius 3 is 2.88 bits per heavy atom. The number of hydrogen-bond acceptors (Lipinski definition) is 3. The number of urea groups is 1. The fraction of sp³-hybridized carbons (Fsp3) is 0.400. The number of hydrogen-bond donors (Lipinski definition) is 1. The summed E-state index contributed by atoms with van der Waals surface area (Å²) < 4.78 is 5.82. The number of amides is 2. The van der Waals surface area contributed by atoms with Crippen molar-refractivity contribution in [3.63, 3.8) is 0 Å². The summed E-state index contributed by atoms with van der Waals surface area (Å²) in [5.74, 6) is 0.835. The van der Waals surface area contributed by atoms with E-state index in [2.05, 4.69) is 17.2 Å². The van der Waals surface area contributed by atoms with Crippen LogP contribution in [0.1, 0.15) is 37.0 Å². The van der Waals surface area contributed by atoms with E-state index in [0.717, 1.165) is 28.9 Å². The average molecular weight is 341 g/mol. The lowest BCUT2D eigenvalue weighted by atomic mass is 10.1. The molecule has 0 spiro atoms. The number of carbonyl (C=O) groups excluding carboxylic acids is 1. The molecule has 1 atom stereocenters. The Morgan fingerprint density at radius 2 is 2.16 bits per heavy atom. The number of ether oxygens (including phenoxy) is 1. The largest absolute Gasteiger partial charge is 0.491 e. The van der Waals surface area contributed by atoms with Crippen LogP contribution in [0.4, 0.5) is 4.79 Å². The van der Waals surface area contributed by atoms with Gasteiger partial charge in [0.25, 0.3) is 0 Å². The van der Waals surface area contributed by atoms with Gasteiger partial charge in [0.1, 0.15) is 5.75 Å². The van der Waals surface area contributed by atoms with Crippen LogP contribution in [0.15, 0.2) is 42.7 Å². The summed E-state index contributed by atoms with van der Waals surface area (Å²) in [5.41, 5.74) is 3.19. The molecule has 0 bridgehead atoms. The van der Waals surface area contributed by atoms with Crippen molar-refractivity contribution in [2.24, 2.45) is 0 Å². The molecule has 0 fully saturated rings. The number of benzene rings is 1. The maximum Gasteiger partial charge on any atom is 0.317 e. The molecule has 5 heteroatoms. The van der Waals surface area contributed by atoms with E-state index >= 15 is 0 Å². The van der Waals surface area contributed by atoms with Gasteiger partial charge >= 0.3 is 6.03 Å². The lowest BCUT2D eigenvalue weighted by Crippen LogP contribution is -2.36. The highest BCUT2D eigenvalue weighted by atomic mass is 16.5. The summed E-state index contributed by atoms with van der Waals surface area (Å²) in [6, 6.07) is 9.67. The van der Waals surface area contributed by atoms with Crippen molar-refractivity contribution in [1.82, 2.24) is 15.2 Å². The van der Waals surface area contributed by atoms with E-state index < -0.39 is 0 Å². The van der Waals surface area contributed by atoms with Gasteiger partial charge in [0, 0.05) is 32.5 Å². The van der Waals surface area contributed by atoms with Gasteiger partial charge in [-0.05, 0) is 55.2 Å². The van der Waals surface area contributed by atoms with Gasteiger partial charge in [0.2, 0.25) is 0 Å². The second-order valence-corrected chi connectivity index (χ2v) is 6.30. The standard InChI is InChI=1S/C20H27N3O2/c1-5-16(3)25-19-8-6-7-17(11-19)13-22-20(24)23(4)14-18-9-10-21-12-15(18)2/h6-12,16H,5,13-14H2,1-4H3,(H,22,24)/t16-/m1/s1. The quantitative estimate of drug-likeness (QED) is 0.831. The van der Waals surface area contributed by atoms with E-state index in [1.807, 2.05) is 50.4 Å². The van der Waals surface area contributed by atoms with Crippen LogP contribution >= 0.6 is 0 Å². The van der Waals surface area contributed by atoms with Crippen LogP contribution < -0.4 is 10.1 Å². The fourth-order valence-electron chi connectivity index (χ4n) is 2.36. The number of rotatable bonds is 7. The van der Waals surface area contributed by atoms with Crippen molar-refractivity contribution in [1.29, 1.82) is 0 Å². The highest BCUT2D eigenvalue weighted by molar-refractivity contribution is 5.73. The minimum Gasteiger partial charge on any atom is -0.491 e. The molecule has 134 valence electrons. The van der Waals surface area contributed by atoms with Gasteiger partial charge in [0.05, 0.1) is 6.10 Å². The molecular formula is C20H27N3O2. The molecule has 0 radical (unpaired) electrons. The van der Waals surface area contributed by atoms with Gasteiger partial charge in [-0.3, -0.25) is 4.98 Å². The molecule has 0 saturated carbocycles. The molecule has 0 aliphatic heterocycles. The van der Waals surface area contributed by atoms with Gasteiger partial charge in [0.15, 0.2) is 0 Å². The minimum absolute atomic E-state index is 0.107. The molecule has 1 aromatic carbocycles. The Balaban J connectivity index is 1.89. The van der Waals surface area contributed by atoms with Crippen LogP contribution in [0, 0.1) is 6.92 Å². The van der Waals surface area contributed by atoms with Crippen molar-refractivity contribution in [2.75, 3.05) is 7.05 Å². The van der Waals surface area contributed by atoms with Crippen LogP contribution in [0.3, 0.4) is 0 Å². The molecule has 0 aliphatic rings. The van der Waals surface area contributed by atoms with Crippen molar-refractivity contribution in [3.05, 3.63) is 59.4 Å². The van der Waals surface area contributed by atoms with Crippen molar-refractivity contribution < 1.29 is 9.53 Å². The first-order valence-electron chi connectivity index (χ1n) is 8.63. The van der Waals surface area contributed by atoms with Crippen LogP contribution in [0.25, 0.3) is 0 Å². The molecule has 2 rings (SSSR count). The topological polar surface area (TPSA) is 54.5 Å². The molecule has 2 amide bonds. The summed E-state index contributed by atoms with van der Waals surface area (Å²) in [7, 11) is 1.79. The molecule has 5 nitrogen and oxygen atoms in total. The van der Waals surface area contributed by atoms with Crippen LogP contribution in [-0.4, -0.2) is 29.1 Å². The van der Waals surface area contributed by atoms with E-state index in [1.54, 1.807) is 18.1 Å². The fourth-order valence-corrected chi connectivity index (χ4v) is 2.36. The predicted octanol–water partition coefficient (Wildman–Crippen LogP) is 3.91. The van der Waals surface area contributed by atoms with Crippen molar-refractivity contribution in [3.8, 4) is 5.75 Å². The first-order chi connectivity index (χ1) is 12.0. The number of nitrogens with one attached hydrogen (secondary N) is 1. The molecule has 1 N–H and O–H groups in total. The highest BCUT2D eigenvalue weighted by Gasteiger charge is 2.10. The number of aromatic nitrogens is 1. The van der Waals surface area contributed by atoms with Gasteiger partial charge in [-0.2, -0.15) is 0 Å². The summed E-state index contributed by atoms with van der Waals surface area (Å²) in [6.45, 7) is 7.16. The van der Waals surface area contributed by atoms with Crippen molar-refractivity contribution >= 4 is 6.03 Å². The summed E-state index contributed by atoms with van der Waals surface area (Å²) >= 11 is 0. The third-order valence-electron chi connectivity index (χ3n) is 4.15. The Morgan fingerprint density at radius 1 is 1.36 bits per heavy atom. The molecule has 0 aliphatic carbocycles. The first-order valence-corrected chi connectivity index (χ1v) is 8.63. The lowest BCUT2D eigenvalue weighted by molar-refractivity contribution is 0.206. The zero-order chi connectivity index (χ0) is 18.2. The summed E-state index contributed by atoms with van der Waals surface area (Å²) in [6.07, 6.45) is 4.69. The number of carbonyl (C=O) groups is 1. The van der Waals surface area contributed by atoms with E-state index in [0.29, 0.717) is 13.1 Å². The van der Waals surface area contributed by atoms with Crippen LogP contribution in [-0.2, 0) is 13.1 Å². The summed E-state index contributed by atoms with van der Waals surface area (Å²) in [4.78, 5) is 18.1. The Kier molecular flexibility index (Phi) is 6.81. The molecule has 1 aromatic heterocycles. The normalized spacial score (nSPS) is 11.7. The predicted molar refractivity (Wildman–Crippen MR) is 99.5 cm³/mol. The van der Waals surface area contributed by atoms with Gasteiger partial charge < -0.3 is 15.0 Å². The highest BCUT2D eigenvalue weighted by Crippen LogP contribution is 2.16. The smallest absolute Gasteiger partial charge is 0.317 e. The number of pyridine rings is 1. The number of nitrogens with zero attached hydrogens (tertiary/aromatic N) is 2. The zero-order valence-corrected chi connectivity index (χ0v) is 15.5. The first kappa shape index (κ1) is 18.8. The van der Waals surface area contributed by atoms with E-state index in [9.17, 15) is 4.79 Å². The Labute approximate surface area is 150 Å². The Bertz CT molecular complexity index is 703. The SMILES string of the molecule is CC[C@@H](C)Oc1cccc(CNC(=O)N(C)Cc2ccncc2C)c1. The van der Waals surface area contributed by atoms with E-state index in [-0.39, 0.29) is 12.1 Å². The third kappa shape index (κ3) is 5.78. The second kappa shape index (κ2) is 9.06. The molecule has 2 aromatic rings. The molecule has 1 heterocycles. The summed E-state index contributed by atoms with van der Waals surface area (Å²) in [5, 5.41) is 2.95. The van der Waals surface area contributed by atoms with E-state index in [4.69, 9.17) is 4.74 Å². The maximum absolute atomic E-state index is 12.3. The second-order valence-electron chi connectivity index (χ2n) is 6.30. The van der Waals surface area contributed by atoms with Gasteiger partial charge in [-0.15, -0.1) is 0 Å². The molecule has 25 heavy (non-hydrogen) atoms. The maximum atomic E-state index is 12.3.